The van der Waals surface area contributed by atoms with Crippen molar-refractivity contribution >= 4 is 64.6 Å². The highest BCUT2D eigenvalue weighted by Gasteiger charge is 2.14. The molecule has 0 saturated heterocycles. The first-order valence-electron chi connectivity index (χ1n) is 13.2. The zero-order valence-corrected chi connectivity index (χ0v) is 22.0. The minimum atomic E-state index is 0.720. The lowest BCUT2D eigenvalue weighted by molar-refractivity contribution is 1.22. The van der Waals surface area contributed by atoms with E-state index in [1.54, 1.807) is 0 Å². The van der Waals surface area contributed by atoms with Crippen molar-refractivity contribution in [2.45, 2.75) is 6.42 Å². The lowest BCUT2D eigenvalue weighted by Crippen LogP contribution is -1.95. The summed E-state index contributed by atoms with van der Waals surface area (Å²) in [6.07, 6.45) is 5.23. The molecule has 0 saturated carbocycles. The van der Waals surface area contributed by atoms with E-state index in [2.05, 4.69) is 144 Å². The van der Waals surface area contributed by atoms with Gasteiger partial charge in [0.25, 0.3) is 0 Å². The number of hydrogen-bond acceptors (Lipinski definition) is 1. The fourth-order valence-corrected chi connectivity index (χ4v) is 6.92. The summed E-state index contributed by atoms with van der Waals surface area (Å²) in [5.74, 6) is 6.84. The third-order valence-corrected chi connectivity index (χ3v) is 8.80. The number of rotatable bonds is 3. The van der Waals surface area contributed by atoms with Crippen molar-refractivity contribution in [1.29, 1.82) is 0 Å². The fourth-order valence-electron chi connectivity index (χ4n) is 5.83. The van der Waals surface area contributed by atoms with Crippen LogP contribution in [0.25, 0.3) is 64.4 Å². The molecule has 0 aliphatic heterocycles. The molecule has 2 heterocycles. The average Bonchev–Trinajstić information content (AvgIpc) is 3.42. The number of thiophene rings is 1. The normalized spacial score (nSPS) is 13.3. The minimum Gasteiger partial charge on any atom is -0.309 e. The van der Waals surface area contributed by atoms with E-state index in [9.17, 15) is 0 Å². The molecule has 0 amide bonds. The second-order valence-corrected chi connectivity index (χ2v) is 11.0. The average molecular weight is 514 g/mol. The Balaban J connectivity index is 1.25. The maximum absolute atomic E-state index is 3.46. The molecule has 0 spiro atoms. The molecule has 1 aliphatic carbocycles. The van der Waals surface area contributed by atoms with Crippen LogP contribution in [-0.4, -0.2) is 4.57 Å². The van der Waals surface area contributed by atoms with Gasteiger partial charge in [0.1, 0.15) is 0 Å². The van der Waals surface area contributed by atoms with Gasteiger partial charge < -0.3 is 4.57 Å². The standard InChI is InChI=1S/C37H23NS/c1-2-13-29(38-34-17-6-3-14-30(34)31-15-4-7-18-35(31)38)23-27(10-1)25-11-9-12-26(22-25)28-20-21-37-33(24-28)32-16-5-8-19-36(32)39-37/h3-9,11-24H,2H2. The van der Waals surface area contributed by atoms with E-state index in [0.29, 0.717) is 0 Å². The van der Waals surface area contributed by atoms with Gasteiger partial charge in [0.15, 0.2) is 0 Å². The lowest BCUT2D eigenvalue weighted by atomic mass is 9.97. The highest BCUT2D eigenvalue weighted by molar-refractivity contribution is 7.25. The molecule has 1 aliphatic rings. The van der Waals surface area contributed by atoms with Crippen molar-refractivity contribution in [1.82, 2.24) is 4.57 Å². The van der Waals surface area contributed by atoms with Crippen LogP contribution >= 0.6 is 11.3 Å². The van der Waals surface area contributed by atoms with Crippen LogP contribution < -0.4 is 0 Å². The predicted octanol–water partition coefficient (Wildman–Crippen LogP) is 10.2. The summed E-state index contributed by atoms with van der Waals surface area (Å²) in [5, 5.41) is 5.19. The first kappa shape index (κ1) is 22.2. The van der Waals surface area contributed by atoms with Crippen LogP contribution in [0.4, 0.5) is 0 Å². The molecule has 0 fully saturated rings. The van der Waals surface area contributed by atoms with Crippen molar-refractivity contribution < 1.29 is 0 Å². The van der Waals surface area contributed by atoms with Gasteiger partial charge in [-0.15, -0.1) is 11.3 Å². The van der Waals surface area contributed by atoms with Crippen LogP contribution in [0.1, 0.15) is 12.0 Å². The highest BCUT2D eigenvalue weighted by atomic mass is 32.1. The van der Waals surface area contributed by atoms with Gasteiger partial charge in [-0.1, -0.05) is 90.7 Å². The Hall–Kier alpha value is -4.84. The fraction of sp³-hybridized carbons (Fsp3) is 0.0270. The molecule has 2 heteroatoms. The van der Waals surface area contributed by atoms with E-state index in [1.165, 1.54) is 53.1 Å². The Morgan fingerprint density at radius 3 is 2.05 bits per heavy atom. The van der Waals surface area contributed by atoms with Gasteiger partial charge in [-0.05, 0) is 65.2 Å². The molecule has 7 aromatic rings. The molecular weight excluding hydrogens is 490 g/mol. The molecule has 0 atom stereocenters. The number of nitrogens with zero attached hydrogens (tertiary/aromatic N) is 1. The number of para-hydroxylation sites is 2. The second-order valence-electron chi connectivity index (χ2n) is 9.95. The molecule has 0 unspecified atom stereocenters. The SMILES string of the molecule is C1#CC(c2cccc(-c3ccc4sc5ccccc5c4c3)c2)=CC(n2c3ccccc3c3ccccc32)=CC1. The number of aromatic nitrogens is 1. The molecule has 39 heavy (non-hydrogen) atoms. The maximum atomic E-state index is 3.46. The molecule has 5 aromatic carbocycles. The van der Waals surface area contributed by atoms with E-state index < -0.39 is 0 Å². The first-order chi connectivity index (χ1) is 19.3. The van der Waals surface area contributed by atoms with Crippen LogP contribution in [0.3, 0.4) is 0 Å². The van der Waals surface area contributed by atoms with Gasteiger partial charge >= 0.3 is 0 Å². The van der Waals surface area contributed by atoms with Crippen molar-refractivity contribution in [3.63, 3.8) is 0 Å². The Labute approximate surface area is 231 Å². The summed E-state index contributed by atoms with van der Waals surface area (Å²) in [6.45, 7) is 0. The molecule has 2 aromatic heterocycles. The van der Waals surface area contributed by atoms with E-state index in [1.807, 2.05) is 11.3 Å². The third kappa shape index (κ3) is 3.63. The Morgan fingerprint density at radius 1 is 0.564 bits per heavy atom. The van der Waals surface area contributed by atoms with Crippen LogP contribution in [0, 0.1) is 11.8 Å². The van der Waals surface area contributed by atoms with Crippen LogP contribution in [0.2, 0.25) is 0 Å². The first-order valence-corrected chi connectivity index (χ1v) is 14.1. The molecule has 1 nitrogen and oxygen atoms in total. The van der Waals surface area contributed by atoms with Gasteiger partial charge in [-0.25, -0.2) is 0 Å². The molecular formula is C37H23NS. The summed E-state index contributed by atoms with van der Waals surface area (Å²) in [5.41, 5.74) is 8.21. The monoisotopic (exact) mass is 513 g/mol. The third-order valence-electron chi connectivity index (χ3n) is 7.65. The van der Waals surface area contributed by atoms with E-state index in [-0.39, 0.29) is 0 Å². The Bertz CT molecular complexity index is 2150. The van der Waals surface area contributed by atoms with E-state index >= 15 is 0 Å². The highest BCUT2D eigenvalue weighted by Crippen LogP contribution is 2.37. The Kier molecular flexibility index (Phi) is 5.05. The number of fused-ring (bicyclic) bond motifs is 6. The lowest BCUT2D eigenvalue weighted by Gasteiger charge is -2.11. The number of allylic oxidation sites excluding steroid dienone is 4. The summed E-state index contributed by atoms with van der Waals surface area (Å²) in [6, 6.07) is 41.6. The van der Waals surface area contributed by atoms with Gasteiger partial charge in [0, 0.05) is 48.6 Å². The van der Waals surface area contributed by atoms with Crippen LogP contribution in [0.15, 0.2) is 127 Å². The zero-order chi connectivity index (χ0) is 25.8. The smallest absolute Gasteiger partial charge is 0.0540 e. The van der Waals surface area contributed by atoms with Crippen molar-refractivity contribution in [2.75, 3.05) is 0 Å². The topological polar surface area (TPSA) is 4.93 Å². The zero-order valence-electron chi connectivity index (χ0n) is 21.2. The largest absolute Gasteiger partial charge is 0.309 e. The second kappa shape index (κ2) is 8.88. The number of benzene rings is 5. The molecule has 0 bridgehead atoms. The quantitative estimate of drug-likeness (QED) is 0.207. The van der Waals surface area contributed by atoms with E-state index in [0.717, 1.165) is 23.3 Å². The minimum absolute atomic E-state index is 0.720. The van der Waals surface area contributed by atoms with Crippen LogP contribution in [-0.2, 0) is 0 Å². The molecule has 8 rings (SSSR count). The van der Waals surface area contributed by atoms with Crippen molar-refractivity contribution in [3.05, 3.63) is 133 Å². The summed E-state index contributed by atoms with van der Waals surface area (Å²) in [4.78, 5) is 0. The van der Waals surface area contributed by atoms with Crippen molar-refractivity contribution in [3.8, 4) is 23.0 Å². The molecule has 0 N–H and O–H groups in total. The van der Waals surface area contributed by atoms with Gasteiger partial charge in [0.05, 0.1) is 11.0 Å². The molecule has 0 radical (unpaired) electrons. The molecule has 182 valence electrons. The Morgan fingerprint density at radius 2 is 1.23 bits per heavy atom. The van der Waals surface area contributed by atoms with E-state index in [4.69, 9.17) is 0 Å². The van der Waals surface area contributed by atoms with Gasteiger partial charge in [-0.3, -0.25) is 0 Å². The predicted molar refractivity (Wildman–Crippen MR) is 169 cm³/mol. The van der Waals surface area contributed by atoms with Gasteiger partial charge in [0.2, 0.25) is 0 Å². The summed E-state index contributed by atoms with van der Waals surface area (Å²) < 4.78 is 5.04. The summed E-state index contributed by atoms with van der Waals surface area (Å²) >= 11 is 1.86. The number of hydrogen-bond donors (Lipinski definition) is 0. The van der Waals surface area contributed by atoms with Crippen LogP contribution in [0.5, 0.6) is 0 Å². The maximum Gasteiger partial charge on any atom is 0.0540 e. The van der Waals surface area contributed by atoms with Gasteiger partial charge in [-0.2, -0.15) is 0 Å². The summed E-state index contributed by atoms with van der Waals surface area (Å²) in [7, 11) is 0. The van der Waals surface area contributed by atoms with Crippen molar-refractivity contribution in [2.24, 2.45) is 0 Å².